The Kier molecular flexibility index (Phi) is 5.92. The molecule has 0 unspecified atom stereocenters. The van der Waals surface area contributed by atoms with Crippen LogP contribution in [0, 0.1) is 12.8 Å². The van der Waals surface area contributed by atoms with Gasteiger partial charge in [0.2, 0.25) is 0 Å². The van der Waals surface area contributed by atoms with E-state index in [1.807, 2.05) is 86.1 Å². The molecule has 1 aliphatic heterocycles. The van der Waals surface area contributed by atoms with Gasteiger partial charge in [0.25, 0.3) is 10.0 Å². The van der Waals surface area contributed by atoms with Gasteiger partial charge in [-0.15, -0.1) is 0 Å². The van der Waals surface area contributed by atoms with Gasteiger partial charge in [0, 0.05) is 53.2 Å². The highest BCUT2D eigenvalue weighted by molar-refractivity contribution is 7.93. The van der Waals surface area contributed by atoms with Crippen molar-refractivity contribution < 1.29 is 17.9 Å². The summed E-state index contributed by atoms with van der Waals surface area (Å²) in [6.45, 7) is 5.35. The Bertz CT molecular complexity index is 1540. The number of rotatable bonds is 6. The number of carbonyl (C=O) groups excluding carboxylic acids is 1. The largest absolute Gasteiger partial charge is 0.466 e. The maximum atomic E-state index is 13.6. The van der Waals surface area contributed by atoms with Crippen molar-refractivity contribution >= 4 is 49.0 Å². The highest BCUT2D eigenvalue weighted by Gasteiger charge is 2.31. The SMILES string of the molecule is CCOC(=O)[C@@H]1CCN(c2ccc(NS(=O)(=O)c3c(C)n(C)c4ccccc34)c3ccccc23)C1. The zero-order valence-electron chi connectivity index (χ0n) is 20.1. The van der Waals surface area contributed by atoms with E-state index in [9.17, 15) is 13.2 Å². The highest BCUT2D eigenvalue weighted by Crippen LogP contribution is 2.37. The molecule has 0 saturated carbocycles. The molecule has 1 atom stereocenters. The predicted octanol–water partition coefficient (Wildman–Crippen LogP) is 4.83. The molecule has 0 bridgehead atoms. The zero-order chi connectivity index (χ0) is 24.7. The molecule has 1 aromatic heterocycles. The molecule has 2 heterocycles. The highest BCUT2D eigenvalue weighted by atomic mass is 32.2. The number of fused-ring (bicyclic) bond motifs is 2. The van der Waals surface area contributed by atoms with Crippen LogP contribution in [0.15, 0.2) is 65.6 Å². The van der Waals surface area contributed by atoms with Crippen LogP contribution >= 0.6 is 0 Å². The Labute approximate surface area is 205 Å². The second kappa shape index (κ2) is 8.92. The lowest BCUT2D eigenvalue weighted by molar-refractivity contribution is -0.147. The van der Waals surface area contributed by atoms with E-state index >= 15 is 0 Å². The van der Waals surface area contributed by atoms with Gasteiger partial charge in [-0.1, -0.05) is 42.5 Å². The molecule has 8 heteroatoms. The van der Waals surface area contributed by atoms with Crippen LogP contribution in [0.4, 0.5) is 11.4 Å². The number of hydrogen-bond donors (Lipinski definition) is 1. The van der Waals surface area contributed by atoms with Crippen LogP contribution in [0.1, 0.15) is 19.0 Å². The van der Waals surface area contributed by atoms with E-state index in [0.29, 0.717) is 34.8 Å². The van der Waals surface area contributed by atoms with Crippen LogP contribution in [0.3, 0.4) is 0 Å². The molecule has 1 saturated heterocycles. The number of nitrogens with one attached hydrogen (secondary N) is 1. The summed E-state index contributed by atoms with van der Waals surface area (Å²) in [6, 6.07) is 19.0. The van der Waals surface area contributed by atoms with E-state index < -0.39 is 10.0 Å². The minimum Gasteiger partial charge on any atom is -0.466 e. The summed E-state index contributed by atoms with van der Waals surface area (Å²) in [6.07, 6.45) is 0.738. The first-order valence-electron chi connectivity index (χ1n) is 11.8. The van der Waals surface area contributed by atoms with Gasteiger partial charge < -0.3 is 14.2 Å². The number of carbonyl (C=O) groups is 1. The van der Waals surface area contributed by atoms with Crippen molar-refractivity contribution in [2.45, 2.75) is 25.2 Å². The van der Waals surface area contributed by atoms with E-state index in [-0.39, 0.29) is 11.9 Å². The minimum absolute atomic E-state index is 0.152. The van der Waals surface area contributed by atoms with Gasteiger partial charge in [-0.3, -0.25) is 9.52 Å². The van der Waals surface area contributed by atoms with Crippen molar-refractivity contribution in [1.82, 2.24) is 4.57 Å². The average molecular weight is 492 g/mol. The molecule has 0 amide bonds. The van der Waals surface area contributed by atoms with Crippen molar-refractivity contribution in [3.8, 4) is 0 Å². The summed E-state index contributed by atoms with van der Waals surface area (Å²) in [5, 5.41) is 2.45. The maximum Gasteiger partial charge on any atom is 0.310 e. The van der Waals surface area contributed by atoms with Gasteiger partial charge in [-0.2, -0.15) is 0 Å². The lowest BCUT2D eigenvalue weighted by atomic mass is 10.1. The van der Waals surface area contributed by atoms with Crippen molar-refractivity contribution in [1.29, 1.82) is 0 Å². The van der Waals surface area contributed by atoms with Gasteiger partial charge in [0.15, 0.2) is 0 Å². The second-order valence-electron chi connectivity index (χ2n) is 8.96. The molecule has 0 spiro atoms. The van der Waals surface area contributed by atoms with Crippen molar-refractivity contribution in [2.75, 3.05) is 29.3 Å². The topological polar surface area (TPSA) is 80.6 Å². The smallest absolute Gasteiger partial charge is 0.310 e. The molecule has 1 aliphatic rings. The Morgan fingerprint density at radius 1 is 1.03 bits per heavy atom. The summed E-state index contributed by atoms with van der Waals surface area (Å²) in [4.78, 5) is 14.7. The number of aryl methyl sites for hydroxylation is 1. The number of hydrogen-bond acceptors (Lipinski definition) is 5. The summed E-state index contributed by atoms with van der Waals surface area (Å²) >= 11 is 0. The fraction of sp³-hybridized carbons (Fsp3) is 0.296. The number of esters is 1. The fourth-order valence-electron chi connectivity index (χ4n) is 5.10. The number of aromatic nitrogens is 1. The van der Waals surface area contributed by atoms with Crippen LogP contribution in [0.2, 0.25) is 0 Å². The summed E-state index contributed by atoms with van der Waals surface area (Å²) in [5.41, 5.74) is 3.06. The first-order valence-corrected chi connectivity index (χ1v) is 13.3. The summed E-state index contributed by atoms with van der Waals surface area (Å²) in [5.74, 6) is -0.310. The standard InChI is InChI=1S/C27H29N3O4S/c1-4-34-27(31)19-15-16-30(17-19)25-14-13-23(20-9-5-6-10-21(20)25)28-35(32,33)26-18(2)29(3)24-12-8-7-11-22(24)26/h5-14,19,28H,4,15-17H2,1-3H3/t19-/m1/s1. The zero-order valence-corrected chi connectivity index (χ0v) is 20.9. The first kappa shape index (κ1) is 23.2. The van der Waals surface area contributed by atoms with Gasteiger partial charge in [0.1, 0.15) is 4.90 Å². The molecule has 5 rings (SSSR count). The third-order valence-corrected chi connectivity index (χ3v) is 8.45. The molecular formula is C27H29N3O4S. The summed E-state index contributed by atoms with van der Waals surface area (Å²) in [7, 11) is -1.97. The third-order valence-electron chi connectivity index (χ3n) is 6.90. The lowest BCUT2D eigenvalue weighted by Crippen LogP contribution is -2.24. The molecular weight excluding hydrogens is 462 g/mol. The van der Waals surface area contributed by atoms with Gasteiger partial charge in [-0.05, 0) is 38.5 Å². The Morgan fingerprint density at radius 3 is 2.46 bits per heavy atom. The third kappa shape index (κ3) is 4.01. The van der Waals surface area contributed by atoms with E-state index in [1.54, 1.807) is 0 Å². The fourth-order valence-corrected chi connectivity index (χ4v) is 6.66. The van der Waals surface area contributed by atoms with Gasteiger partial charge >= 0.3 is 5.97 Å². The molecule has 0 radical (unpaired) electrons. The average Bonchev–Trinajstić information content (AvgIpc) is 3.43. The van der Waals surface area contributed by atoms with Crippen LogP contribution in [0.5, 0.6) is 0 Å². The van der Waals surface area contributed by atoms with E-state index in [0.717, 1.165) is 34.9 Å². The van der Waals surface area contributed by atoms with Crippen molar-refractivity contribution in [2.24, 2.45) is 13.0 Å². The second-order valence-corrected chi connectivity index (χ2v) is 10.6. The Hall–Kier alpha value is -3.52. The van der Waals surface area contributed by atoms with E-state index in [1.165, 1.54) is 0 Å². The van der Waals surface area contributed by atoms with Gasteiger partial charge in [-0.25, -0.2) is 8.42 Å². The first-order chi connectivity index (χ1) is 16.8. The normalized spacial score (nSPS) is 16.2. The number of anilines is 2. The number of para-hydroxylation sites is 1. The van der Waals surface area contributed by atoms with Crippen LogP contribution in [-0.4, -0.2) is 38.7 Å². The minimum atomic E-state index is -3.85. The quantitative estimate of drug-likeness (QED) is 0.391. The molecule has 182 valence electrons. The summed E-state index contributed by atoms with van der Waals surface area (Å²) < 4.78 is 37.2. The molecule has 1 fully saturated rings. The monoisotopic (exact) mass is 491 g/mol. The Balaban J connectivity index is 1.52. The number of sulfonamides is 1. The molecule has 4 aromatic rings. The lowest BCUT2D eigenvalue weighted by Gasteiger charge is -2.22. The van der Waals surface area contributed by atoms with E-state index in [2.05, 4.69) is 9.62 Å². The number of nitrogens with zero attached hydrogens (tertiary/aromatic N) is 2. The Morgan fingerprint density at radius 2 is 1.71 bits per heavy atom. The molecule has 0 aliphatic carbocycles. The van der Waals surface area contributed by atoms with Crippen molar-refractivity contribution in [3.63, 3.8) is 0 Å². The molecule has 1 N–H and O–H groups in total. The van der Waals surface area contributed by atoms with Crippen LogP contribution in [0.25, 0.3) is 21.7 Å². The number of ether oxygens (including phenoxy) is 1. The maximum absolute atomic E-state index is 13.6. The molecule has 7 nitrogen and oxygen atoms in total. The van der Waals surface area contributed by atoms with Crippen LogP contribution < -0.4 is 9.62 Å². The predicted molar refractivity (Wildman–Crippen MR) is 139 cm³/mol. The molecule has 35 heavy (non-hydrogen) atoms. The molecule has 3 aromatic carbocycles. The van der Waals surface area contributed by atoms with Crippen molar-refractivity contribution in [3.05, 3.63) is 66.4 Å². The van der Waals surface area contributed by atoms with E-state index in [4.69, 9.17) is 4.74 Å². The number of benzene rings is 3. The van der Waals surface area contributed by atoms with Gasteiger partial charge in [0.05, 0.1) is 18.2 Å². The van der Waals surface area contributed by atoms with Crippen LogP contribution in [-0.2, 0) is 26.6 Å².